The minimum Gasteiger partial charge on any atom is -0.462 e. The second-order valence-corrected chi connectivity index (χ2v) is 6.00. The average molecular weight is 406 g/mol. The number of hydrogen-bond donors (Lipinski definition) is 0. The molecule has 1 unspecified atom stereocenters. The molecule has 0 aromatic heterocycles. The maximum absolute atomic E-state index is 11.7. The van der Waals surface area contributed by atoms with Gasteiger partial charge in [0.1, 0.15) is 18.8 Å². The summed E-state index contributed by atoms with van der Waals surface area (Å²) in [5.74, 6) is -2.67. The third-order valence-corrected chi connectivity index (χ3v) is 3.77. The number of ether oxygens (including phenoxy) is 7. The zero-order valence-electron chi connectivity index (χ0n) is 16.7. The molecule has 1 rings (SSSR count). The van der Waals surface area contributed by atoms with Gasteiger partial charge < -0.3 is 33.2 Å². The van der Waals surface area contributed by atoms with Crippen molar-refractivity contribution in [2.24, 2.45) is 0 Å². The Balaban J connectivity index is 3.32. The third-order valence-electron chi connectivity index (χ3n) is 3.77. The van der Waals surface area contributed by atoms with Crippen LogP contribution >= 0.6 is 0 Å². The maximum Gasteiger partial charge on any atom is 0.303 e. The highest BCUT2D eigenvalue weighted by Crippen LogP contribution is 2.31. The molecule has 160 valence electrons. The Kier molecular flexibility index (Phi) is 9.29. The van der Waals surface area contributed by atoms with Crippen molar-refractivity contribution >= 4 is 23.9 Å². The monoisotopic (exact) mass is 406 g/mol. The van der Waals surface area contributed by atoms with Crippen LogP contribution in [0.15, 0.2) is 0 Å². The van der Waals surface area contributed by atoms with Gasteiger partial charge in [0.15, 0.2) is 24.6 Å². The van der Waals surface area contributed by atoms with E-state index < -0.39 is 60.7 Å². The quantitative estimate of drug-likeness (QED) is 0.389. The summed E-state index contributed by atoms with van der Waals surface area (Å²) in [7, 11) is 2.67. The van der Waals surface area contributed by atoms with E-state index in [2.05, 4.69) is 0 Å². The van der Waals surface area contributed by atoms with Gasteiger partial charge in [-0.1, -0.05) is 0 Å². The van der Waals surface area contributed by atoms with Crippen LogP contribution in [-0.4, -0.2) is 81.5 Å². The molecule has 1 aliphatic rings. The minimum absolute atomic E-state index is 0.377. The minimum atomic E-state index is -1.22. The molecular weight excluding hydrogens is 380 g/mol. The van der Waals surface area contributed by atoms with Crippen LogP contribution in [0.25, 0.3) is 0 Å². The van der Waals surface area contributed by atoms with Crippen LogP contribution in [0.5, 0.6) is 0 Å². The zero-order chi connectivity index (χ0) is 21.4. The molecule has 1 fully saturated rings. The first-order chi connectivity index (χ1) is 13.1. The van der Waals surface area contributed by atoms with Gasteiger partial charge in [0.25, 0.3) is 0 Å². The van der Waals surface area contributed by atoms with E-state index in [1.807, 2.05) is 0 Å². The first-order valence-electron chi connectivity index (χ1n) is 8.46. The van der Waals surface area contributed by atoms with Crippen molar-refractivity contribution in [3.63, 3.8) is 0 Å². The van der Waals surface area contributed by atoms with Crippen molar-refractivity contribution in [1.82, 2.24) is 0 Å². The fourth-order valence-electron chi connectivity index (χ4n) is 2.83. The lowest BCUT2D eigenvalue weighted by Gasteiger charge is -2.45. The Labute approximate surface area is 162 Å². The van der Waals surface area contributed by atoms with Crippen molar-refractivity contribution in [3.05, 3.63) is 0 Å². The largest absolute Gasteiger partial charge is 0.462 e. The molecule has 0 saturated carbocycles. The van der Waals surface area contributed by atoms with E-state index in [0.717, 1.165) is 13.8 Å². The van der Waals surface area contributed by atoms with Crippen LogP contribution < -0.4 is 0 Å². The van der Waals surface area contributed by atoms with Gasteiger partial charge in [-0.2, -0.15) is 0 Å². The van der Waals surface area contributed by atoms with E-state index in [1.54, 1.807) is 0 Å². The number of methoxy groups -OCH3 is 2. The van der Waals surface area contributed by atoms with Crippen LogP contribution in [0.3, 0.4) is 0 Å². The molecule has 0 bridgehead atoms. The highest BCUT2D eigenvalue weighted by atomic mass is 16.7. The average Bonchev–Trinajstić information content (AvgIpc) is 2.58. The van der Waals surface area contributed by atoms with Crippen LogP contribution in [0.4, 0.5) is 0 Å². The van der Waals surface area contributed by atoms with Gasteiger partial charge >= 0.3 is 23.9 Å². The number of carbonyl (C=O) groups excluding carboxylic acids is 4. The van der Waals surface area contributed by atoms with Gasteiger partial charge in [0, 0.05) is 41.9 Å². The fraction of sp³-hybridized carbons (Fsp3) is 0.765. The SMILES string of the molecule is COC1O[C@H]([C@@H](COC(C)=O)OC(C)=O)[C@@H](OC(C)=O)[C@H](OC(C)=O)[C@H]1OC. The molecule has 0 aromatic rings. The van der Waals surface area contributed by atoms with Crippen molar-refractivity contribution in [3.8, 4) is 0 Å². The predicted molar refractivity (Wildman–Crippen MR) is 89.8 cm³/mol. The van der Waals surface area contributed by atoms with Gasteiger partial charge in [-0.05, 0) is 0 Å². The summed E-state index contributed by atoms with van der Waals surface area (Å²) in [6, 6.07) is 0. The molecule has 1 saturated heterocycles. The molecule has 1 heterocycles. The van der Waals surface area contributed by atoms with Crippen LogP contribution in [0.2, 0.25) is 0 Å². The summed E-state index contributed by atoms with van der Waals surface area (Å²) in [5.41, 5.74) is 0. The molecule has 0 spiro atoms. The van der Waals surface area contributed by atoms with E-state index >= 15 is 0 Å². The van der Waals surface area contributed by atoms with E-state index in [9.17, 15) is 19.2 Å². The first kappa shape index (κ1) is 23.8. The highest BCUT2D eigenvalue weighted by molar-refractivity contribution is 5.68. The molecule has 0 N–H and O–H groups in total. The van der Waals surface area contributed by atoms with Crippen LogP contribution in [0, 0.1) is 0 Å². The van der Waals surface area contributed by atoms with Gasteiger partial charge in [-0.3, -0.25) is 19.2 Å². The molecule has 11 nitrogen and oxygen atoms in total. The summed E-state index contributed by atoms with van der Waals surface area (Å²) >= 11 is 0. The van der Waals surface area contributed by atoms with E-state index in [1.165, 1.54) is 28.1 Å². The smallest absolute Gasteiger partial charge is 0.303 e. The summed E-state index contributed by atoms with van der Waals surface area (Å²) in [4.78, 5) is 46.0. The van der Waals surface area contributed by atoms with Crippen LogP contribution in [-0.2, 0) is 52.3 Å². The van der Waals surface area contributed by atoms with Crippen LogP contribution in [0.1, 0.15) is 27.7 Å². The van der Waals surface area contributed by atoms with Gasteiger partial charge in [-0.25, -0.2) is 0 Å². The van der Waals surface area contributed by atoms with Gasteiger partial charge in [-0.15, -0.1) is 0 Å². The van der Waals surface area contributed by atoms with Crippen molar-refractivity contribution in [1.29, 1.82) is 0 Å². The summed E-state index contributed by atoms with van der Waals surface area (Å²) in [5, 5.41) is 0. The zero-order valence-corrected chi connectivity index (χ0v) is 16.7. The number of carbonyl (C=O) groups is 4. The van der Waals surface area contributed by atoms with E-state index in [-0.39, 0.29) is 6.61 Å². The molecule has 0 aromatic carbocycles. The van der Waals surface area contributed by atoms with Crippen molar-refractivity contribution in [2.75, 3.05) is 20.8 Å². The third kappa shape index (κ3) is 6.73. The Morgan fingerprint density at radius 2 is 1.36 bits per heavy atom. The Hall–Kier alpha value is -2.24. The molecule has 0 aliphatic carbocycles. The normalized spacial score (nSPS) is 28.0. The van der Waals surface area contributed by atoms with Gasteiger partial charge in [0.2, 0.25) is 0 Å². The molecule has 0 radical (unpaired) electrons. The van der Waals surface area contributed by atoms with E-state index in [4.69, 9.17) is 33.2 Å². The lowest BCUT2D eigenvalue weighted by Crippen LogP contribution is -2.64. The summed E-state index contributed by atoms with van der Waals surface area (Å²) in [6.45, 7) is 4.28. The summed E-state index contributed by atoms with van der Waals surface area (Å²) in [6.07, 6.45) is -6.70. The Bertz CT molecular complexity index is 575. The Morgan fingerprint density at radius 1 is 0.786 bits per heavy atom. The van der Waals surface area contributed by atoms with E-state index in [0.29, 0.717) is 0 Å². The molecule has 28 heavy (non-hydrogen) atoms. The Morgan fingerprint density at radius 3 is 1.79 bits per heavy atom. The number of hydrogen-bond acceptors (Lipinski definition) is 11. The topological polar surface area (TPSA) is 133 Å². The first-order valence-corrected chi connectivity index (χ1v) is 8.46. The van der Waals surface area contributed by atoms with Crippen molar-refractivity contribution < 1.29 is 52.3 Å². The maximum atomic E-state index is 11.7. The molecule has 0 amide bonds. The fourth-order valence-corrected chi connectivity index (χ4v) is 2.83. The number of esters is 4. The molecule has 6 atom stereocenters. The summed E-state index contributed by atoms with van der Waals surface area (Å²) < 4.78 is 37.1. The second kappa shape index (κ2) is 10.9. The standard InChI is InChI=1S/C17H26O11/c1-8(18)24-7-12(25-9(2)19)13-14(26-10(3)20)15(27-11(4)21)16(22-5)17(23-6)28-13/h12-17H,7H2,1-6H3/t12-,13-,14-,15+,16-,17?/m1/s1. The lowest BCUT2D eigenvalue weighted by atomic mass is 9.94. The highest BCUT2D eigenvalue weighted by Gasteiger charge is 2.54. The lowest BCUT2D eigenvalue weighted by molar-refractivity contribution is -0.314. The van der Waals surface area contributed by atoms with Crippen molar-refractivity contribution in [2.45, 2.75) is 64.5 Å². The van der Waals surface area contributed by atoms with Gasteiger partial charge in [0.05, 0.1) is 0 Å². The predicted octanol–water partition coefficient (Wildman–Crippen LogP) is -0.269. The molecular formula is C17H26O11. The molecule has 11 heteroatoms. The molecule has 1 aliphatic heterocycles. The number of rotatable bonds is 8. The second-order valence-electron chi connectivity index (χ2n) is 6.00.